The molecule has 0 bridgehead atoms. The number of nitrogens with one attached hydrogen (secondary N) is 2. The summed E-state index contributed by atoms with van der Waals surface area (Å²) >= 11 is 5.10. The monoisotopic (exact) mass is 412 g/mol. The zero-order valence-electron chi connectivity index (χ0n) is 15.6. The number of halogens is 4. The summed E-state index contributed by atoms with van der Waals surface area (Å²) in [4.78, 5) is 0.0593. The van der Waals surface area contributed by atoms with Crippen molar-refractivity contribution in [1.82, 2.24) is 5.32 Å². The van der Waals surface area contributed by atoms with Crippen molar-refractivity contribution in [3.8, 4) is 0 Å². The SMILES string of the molecule is CC1(C)OCC(=S)NC(C)(c2cc(Nc3ccc(F)cc3)ccc2F)C1(F)F. The van der Waals surface area contributed by atoms with Crippen LogP contribution in [0.5, 0.6) is 0 Å². The number of alkyl halides is 2. The molecule has 0 aromatic heterocycles. The van der Waals surface area contributed by atoms with Crippen molar-refractivity contribution >= 4 is 28.6 Å². The fourth-order valence-electron chi connectivity index (χ4n) is 3.25. The van der Waals surface area contributed by atoms with Gasteiger partial charge in [-0.05, 0) is 63.2 Å². The van der Waals surface area contributed by atoms with Crippen molar-refractivity contribution < 1.29 is 22.3 Å². The van der Waals surface area contributed by atoms with E-state index in [0.29, 0.717) is 11.4 Å². The van der Waals surface area contributed by atoms with Crippen LogP contribution in [0.15, 0.2) is 42.5 Å². The highest BCUT2D eigenvalue weighted by atomic mass is 32.1. The van der Waals surface area contributed by atoms with Crippen molar-refractivity contribution in [3.63, 3.8) is 0 Å². The molecule has 0 amide bonds. The minimum atomic E-state index is -3.50. The summed E-state index contributed by atoms with van der Waals surface area (Å²) in [5.41, 5.74) is -3.39. The van der Waals surface area contributed by atoms with E-state index in [1.54, 1.807) is 0 Å². The number of anilines is 2. The molecule has 0 radical (unpaired) electrons. The summed E-state index contributed by atoms with van der Waals surface area (Å²) in [5.74, 6) is -4.72. The summed E-state index contributed by atoms with van der Waals surface area (Å²) < 4.78 is 64.0. The molecule has 1 saturated heterocycles. The van der Waals surface area contributed by atoms with Crippen LogP contribution in [0.25, 0.3) is 0 Å². The van der Waals surface area contributed by atoms with Gasteiger partial charge in [0.25, 0.3) is 0 Å². The second-order valence-corrected chi connectivity index (χ2v) is 7.87. The topological polar surface area (TPSA) is 33.3 Å². The Bertz CT molecular complexity index is 902. The molecule has 1 aliphatic rings. The fourth-order valence-corrected chi connectivity index (χ4v) is 3.52. The maximum atomic E-state index is 15.5. The van der Waals surface area contributed by atoms with Gasteiger partial charge in [-0.25, -0.2) is 17.6 Å². The minimum Gasteiger partial charge on any atom is -0.363 e. The second kappa shape index (κ2) is 7.00. The van der Waals surface area contributed by atoms with Gasteiger partial charge in [-0.1, -0.05) is 12.2 Å². The Balaban J connectivity index is 2.07. The number of rotatable bonds is 3. The van der Waals surface area contributed by atoms with Crippen LogP contribution in [0, 0.1) is 11.6 Å². The van der Waals surface area contributed by atoms with Crippen LogP contribution in [0.2, 0.25) is 0 Å². The third kappa shape index (κ3) is 3.46. The van der Waals surface area contributed by atoms with Crippen molar-refractivity contribution in [2.45, 2.75) is 37.8 Å². The van der Waals surface area contributed by atoms with Crippen LogP contribution < -0.4 is 10.6 Å². The first-order chi connectivity index (χ1) is 13.0. The highest BCUT2D eigenvalue weighted by Crippen LogP contribution is 2.48. The zero-order valence-corrected chi connectivity index (χ0v) is 16.4. The van der Waals surface area contributed by atoms with Gasteiger partial charge in [0.15, 0.2) is 0 Å². The van der Waals surface area contributed by atoms with E-state index in [1.165, 1.54) is 57.2 Å². The predicted octanol–water partition coefficient (Wildman–Crippen LogP) is 5.28. The maximum Gasteiger partial charge on any atom is 0.302 e. The number of benzene rings is 2. The Morgan fingerprint density at radius 2 is 1.61 bits per heavy atom. The molecule has 0 saturated carbocycles. The molecule has 2 aromatic carbocycles. The first kappa shape index (κ1) is 20.5. The van der Waals surface area contributed by atoms with Gasteiger partial charge in [0.2, 0.25) is 0 Å². The first-order valence-electron chi connectivity index (χ1n) is 8.62. The van der Waals surface area contributed by atoms with E-state index in [-0.39, 0.29) is 17.2 Å². The van der Waals surface area contributed by atoms with Crippen LogP contribution >= 0.6 is 12.2 Å². The second-order valence-electron chi connectivity index (χ2n) is 7.37. The molecule has 1 unspecified atom stereocenters. The standard InChI is InChI=1S/C20H20F4N2OS/c1-18(2)20(23,24)19(3,26-17(28)11-27-18)15-10-14(8-9-16(15)22)25-13-6-4-12(21)5-7-13/h4-10,25H,11H2,1-3H3,(H,26,28). The largest absolute Gasteiger partial charge is 0.363 e. The molecule has 1 atom stereocenters. The number of ether oxygens (including phenoxy) is 1. The average molecular weight is 412 g/mol. The molecule has 1 aliphatic heterocycles. The van der Waals surface area contributed by atoms with Crippen LogP contribution in [0.1, 0.15) is 26.3 Å². The fraction of sp³-hybridized carbons (Fsp3) is 0.350. The summed E-state index contributed by atoms with van der Waals surface area (Å²) in [6.45, 7) is 3.51. The number of hydrogen-bond acceptors (Lipinski definition) is 3. The van der Waals surface area contributed by atoms with Gasteiger partial charge >= 0.3 is 5.92 Å². The first-order valence-corrected chi connectivity index (χ1v) is 9.02. The van der Waals surface area contributed by atoms with Gasteiger partial charge < -0.3 is 15.4 Å². The van der Waals surface area contributed by atoms with E-state index in [4.69, 9.17) is 17.0 Å². The average Bonchev–Trinajstić information content (AvgIpc) is 2.68. The van der Waals surface area contributed by atoms with Gasteiger partial charge in [0, 0.05) is 16.9 Å². The highest BCUT2D eigenvalue weighted by Gasteiger charge is 2.64. The van der Waals surface area contributed by atoms with Crippen molar-refractivity contribution in [3.05, 3.63) is 59.7 Å². The smallest absolute Gasteiger partial charge is 0.302 e. The third-order valence-electron chi connectivity index (χ3n) is 4.98. The molecule has 3 rings (SSSR count). The lowest BCUT2D eigenvalue weighted by Crippen LogP contribution is -2.62. The normalized spacial score (nSPS) is 23.6. The molecule has 150 valence electrons. The van der Waals surface area contributed by atoms with E-state index in [2.05, 4.69) is 10.6 Å². The maximum absolute atomic E-state index is 15.5. The van der Waals surface area contributed by atoms with Crippen molar-refractivity contribution in [2.75, 3.05) is 11.9 Å². The van der Waals surface area contributed by atoms with Gasteiger partial charge in [-0.15, -0.1) is 0 Å². The van der Waals surface area contributed by atoms with E-state index >= 15 is 8.78 Å². The van der Waals surface area contributed by atoms with Crippen LogP contribution in [0.3, 0.4) is 0 Å². The lowest BCUT2D eigenvalue weighted by atomic mass is 9.77. The Labute approximate surface area is 166 Å². The summed E-state index contributed by atoms with van der Waals surface area (Å²) in [5, 5.41) is 5.56. The summed E-state index contributed by atoms with van der Waals surface area (Å²) in [7, 11) is 0. The van der Waals surface area contributed by atoms with Gasteiger partial charge in [-0.3, -0.25) is 0 Å². The van der Waals surface area contributed by atoms with E-state index in [0.717, 1.165) is 6.07 Å². The molecule has 2 N–H and O–H groups in total. The Morgan fingerprint density at radius 3 is 2.25 bits per heavy atom. The zero-order chi connectivity index (χ0) is 20.7. The molecule has 1 heterocycles. The summed E-state index contributed by atoms with van der Waals surface area (Å²) in [6.07, 6.45) is 0. The van der Waals surface area contributed by atoms with E-state index in [1.807, 2.05) is 0 Å². The lowest BCUT2D eigenvalue weighted by Gasteiger charge is -2.44. The van der Waals surface area contributed by atoms with Gasteiger partial charge in [0.05, 0.1) is 6.61 Å². The number of thiocarbonyl (C=S) groups is 1. The minimum absolute atomic E-state index is 0.0593. The predicted molar refractivity (Wildman–Crippen MR) is 104 cm³/mol. The van der Waals surface area contributed by atoms with Gasteiger partial charge in [0.1, 0.15) is 27.8 Å². The molecular weight excluding hydrogens is 392 g/mol. The Kier molecular flexibility index (Phi) is 5.14. The lowest BCUT2D eigenvalue weighted by molar-refractivity contribution is -0.216. The number of hydrogen-bond donors (Lipinski definition) is 2. The van der Waals surface area contributed by atoms with Crippen molar-refractivity contribution in [1.29, 1.82) is 0 Å². The quantitative estimate of drug-likeness (QED) is 0.531. The summed E-state index contributed by atoms with van der Waals surface area (Å²) in [6, 6.07) is 9.31. The van der Waals surface area contributed by atoms with E-state index in [9.17, 15) is 8.78 Å². The Morgan fingerprint density at radius 1 is 1.00 bits per heavy atom. The third-order valence-corrected chi connectivity index (χ3v) is 5.20. The molecule has 3 nitrogen and oxygen atoms in total. The molecule has 0 aliphatic carbocycles. The molecule has 0 spiro atoms. The van der Waals surface area contributed by atoms with E-state index < -0.39 is 28.7 Å². The van der Waals surface area contributed by atoms with Crippen molar-refractivity contribution in [2.24, 2.45) is 0 Å². The van der Waals surface area contributed by atoms with Crippen LogP contribution in [-0.4, -0.2) is 23.1 Å². The molecule has 1 fully saturated rings. The molecular formula is C20H20F4N2OS. The Hall–Kier alpha value is -2.19. The van der Waals surface area contributed by atoms with Crippen LogP contribution in [0.4, 0.5) is 28.9 Å². The van der Waals surface area contributed by atoms with Crippen LogP contribution in [-0.2, 0) is 10.3 Å². The molecule has 28 heavy (non-hydrogen) atoms. The molecule has 8 heteroatoms. The highest BCUT2D eigenvalue weighted by molar-refractivity contribution is 7.80. The molecule has 2 aromatic rings. The van der Waals surface area contributed by atoms with Gasteiger partial charge in [-0.2, -0.15) is 0 Å².